The zero-order chi connectivity index (χ0) is 17.6. The average Bonchev–Trinajstić information content (AvgIpc) is 3.01. The molecule has 1 aromatic heterocycles. The predicted octanol–water partition coefficient (Wildman–Crippen LogP) is 5.78. The lowest BCUT2D eigenvalue weighted by molar-refractivity contribution is 0.306. The number of halogens is 2. The summed E-state index contributed by atoms with van der Waals surface area (Å²) in [7, 11) is 0. The van der Waals surface area contributed by atoms with Crippen molar-refractivity contribution in [1.82, 2.24) is 4.98 Å². The average molecular weight is 392 g/mol. The molecule has 0 unspecified atom stereocenters. The summed E-state index contributed by atoms with van der Waals surface area (Å²) >= 11 is 13.5. The SMILES string of the molecule is Cc1csc(NN=Cc2ccc(OCc3ccc(Cl)cc3Cl)cc2)n1. The Balaban J connectivity index is 1.54. The van der Waals surface area contributed by atoms with Gasteiger partial charge in [0.1, 0.15) is 12.4 Å². The van der Waals surface area contributed by atoms with E-state index < -0.39 is 0 Å². The monoisotopic (exact) mass is 391 g/mol. The molecule has 3 aromatic rings. The minimum atomic E-state index is 0.383. The second kappa shape index (κ2) is 8.34. The van der Waals surface area contributed by atoms with E-state index in [2.05, 4.69) is 15.5 Å². The molecule has 0 radical (unpaired) electrons. The molecule has 0 saturated heterocycles. The van der Waals surface area contributed by atoms with Crippen molar-refractivity contribution in [2.24, 2.45) is 5.10 Å². The Morgan fingerprint density at radius 1 is 1.20 bits per heavy atom. The Hall–Kier alpha value is -2.08. The third-order valence-corrected chi connectivity index (χ3v) is 4.73. The van der Waals surface area contributed by atoms with E-state index in [9.17, 15) is 0 Å². The van der Waals surface area contributed by atoms with Crippen molar-refractivity contribution in [1.29, 1.82) is 0 Å². The second-order valence-electron chi connectivity index (χ2n) is 5.26. The van der Waals surface area contributed by atoms with Gasteiger partial charge in [0.15, 0.2) is 0 Å². The smallest absolute Gasteiger partial charge is 0.203 e. The van der Waals surface area contributed by atoms with Crippen LogP contribution < -0.4 is 10.2 Å². The van der Waals surface area contributed by atoms with Crippen LogP contribution in [0.15, 0.2) is 52.9 Å². The highest BCUT2D eigenvalue weighted by Crippen LogP contribution is 2.22. The molecular weight excluding hydrogens is 377 g/mol. The third-order valence-electron chi connectivity index (χ3n) is 3.28. The first kappa shape index (κ1) is 17.7. The Labute approximate surface area is 160 Å². The number of nitrogens with zero attached hydrogens (tertiary/aromatic N) is 2. The van der Waals surface area contributed by atoms with Crippen molar-refractivity contribution in [2.45, 2.75) is 13.5 Å². The number of nitrogens with one attached hydrogen (secondary N) is 1. The first-order valence-electron chi connectivity index (χ1n) is 7.48. The minimum Gasteiger partial charge on any atom is -0.489 e. The molecule has 0 bridgehead atoms. The number of hydrazone groups is 1. The lowest BCUT2D eigenvalue weighted by Crippen LogP contribution is -1.96. The van der Waals surface area contributed by atoms with Crippen molar-refractivity contribution in [3.63, 3.8) is 0 Å². The highest BCUT2D eigenvalue weighted by atomic mass is 35.5. The number of benzene rings is 2. The molecule has 25 heavy (non-hydrogen) atoms. The quantitative estimate of drug-likeness (QED) is 0.427. The summed E-state index contributed by atoms with van der Waals surface area (Å²) in [5, 5.41) is 8.12. The molecule has 1 heterocycles. The molecule has 0 spiro atoms. The molecule has 7 heteroatoms. The number of thiazole rings is 1. The number of ether oxygens (including phenoxy) is 1. The van der Waals surface area contributed by atoms with Crippen LogP contribution in [0.4, 0.5) is 5.13 Å². The molecule has 0 atom stereocenters. The molecule has 0 aliphatic carbocycles. The van der Waals surface area contributed by atoms with Gasteiger partial charge in [-0.25, -0.2) is 4.98 Å². The van der Waals surface area contributed by atoms with Crippen molar-refractivity contribution in [3.05, 3.63) is 74.7 Å². The first-order chi connectivity index (χ1) is 12.1. The zero-order valence-corrected chi connectivity index (χ0v) is 15.7. The van der Waals surface area contributed by atoms with Crippen LogP contribution in [0.5, 0.6) is 5.75 Å². The largest absolute Gasteiger partial charge is 0.489 e. The van der Waals surface area contributed by atoms with Gasteiger partial charge in [0.2, 0.25) is 5.13 Å². The van der Waals surface area contributed by atoms with Crippen molar-refractivity contribution in [2.75, 3.05) is 5.43 Å². The lowest BCUT2D eigenvalue weighted by Gasteiger charge is -2.08. The van der Waals surface area contributed by atoms with E-state index in [4.69, 9.17) is 27.9 Å². The highest BCUT2D eigenvalue weighted by molar-refractivity contribution is 7.13. The fourth-order valence-corrected chi connectivity index (χ4v) is 3.12. The Bertz CT molecular complexity index is 878. The molecule has 2 aromatic carbocycles. The number of hydrogen-bond acceptors (Lipinski definition) is 5. The van der Waals surface area contributed by atoms with Crippen LogP contribution in [-0.4, -0.2) is 11.2 Å². The van der Waals surface area contributed by atoms with Crippen LogP contribution in [0.25, 0.3) is 0 Å². The topological polar surface area (TPSA) is 46.5 Å². The Kier molecular flexibility index (Phi) is 5.91. The molecule has 0 aliphatic rings. The van der Waals surface area contributed by atoms with Crippen LogP contribution in [0.1, 0.15) is 16.8 Å². The fourth-order valence-electron chi connectivity index (χ4n) is 2.02. The molecule has 0 aliphatic heterocycles. The van der Waals surface area contributed by atoms with E-state index in [1.54, 1.807) is 18.3 Å². The number of anilines is 1. The maximum Gasteiger partial charge on any atom is 0.203 e. The summed E-state index contributed by atoms with van der Waals surface area (Å²) in [4.78, 5) is 4.28. The van der Waals surface area contributed by atoms with Gasteiger partial charge in [-0.2, -0.15) is 5.10 Å². The van der Waals surface area contributed by atoms with Gasteiger partial charge >= 0.3 is 0 Å². The van der Waals surface area contributed by atoms with E-state index in [1.165, 1.54) is 11.3 Å². The fraction of sp³-hybridized carbons (Fsp3) is 0.111. The van der Waals surface area contributed by atoms with Crippen molar-refractivity contribution < 1.29 is 4.74 Å². The molecule has 3 rings (SSSR count). The summed E-state index contributed by atoms with van der Waals surface area (Å²) in [5.41, 5.74) is 5.73. The van der Waals surface area contributed by atoms with Crippen LogP contribution in [0.2, 0.25) is 10.0 Å². The summed E-state index contributed by atoms with van der Waals surface area (Å²) in [6.45, 7) is 2.33. The molecular formula is C18H15Cl2N3OS. The molecule has 128 valence electrons. The summed E-state index contributed by atoms with van der Waals surface area (Å²) in [6.07, 6.45) is 1.73. The summed E-state index contributed by atoms with van der Waals surface area (Å²) in [6, 6.07) is 13.0. The summed E-state index contributed by atoms with van der Waals surface area (Å²) in [5.74, 6) is 0.756. The van der Waals surface area contributed by atoms with E-state index in [1.807, 2.05) is 42.6 Å². The normalized spacial score (nSPS) is 11.0. The maximum atomic E-state index is 6.14. The van der Waals surface area contributed by atoms with E-state index in [0.717, 1.165) is 27.7 Å². The van der Waals surface area contributed by atoms with Crippen molar-refractivity contribution in [3.8, 4) is 5.75 Å². The molecule has 0 fully saturated rings. The van der Waals surface area contributed by atoms with Gasteiger partial charge in [-0.15, -0.1) is 11.3 Å². The highest BCUT2D eigenvalue weighted by Gasteiger charge is 2.02. The van der Waals surface area contributed by atoms with Crippen LogP contribution in [0, 0.1) is 6.92 Å². The van der Waals surface area contributed by atoms with E-state index in [0.29, 0.717) is 16.7 Å². The second-order valence-corrected chi connectivity index (χ2v) is 6.96. The van der Waals surface area contributed by atoms with Gasteiger partial charge in [0, 0.05) is 21.0 Å². The molecule has 1 N–H and O–H groups in total. The number of rotatable bonds is 6. The predicted molar refractivity (Wildman–Crippen MR) is 105 cm³/mol. The number of aromatic nitrogens is 1. The first-order valence-corrected chi connectivity index (χ1v) is 9.12. The zero-order valence-electron chi connectivity index (χ0n) is 13.4. The van der Waals surface area contributed by atoms with Gasteiger partial charge in [-0.1, -0.05) is 29.3 Å². The Morgan fingerprint density at radius 3 is 2.68 bits per heavy atom. The molecule has 0 saturated carbocycles. The van der Waals surface area contributed by atoms with Crippen LogP contribution in [-0.2, 0) is 6.61 Å². The molecule has 0 amide bonds. The van der Waals surface area contributed by atoms with Gasteiger partial charge < -0.3 is 4.74 Å². The minimum absolute atomic E-state index is 0.383. The van der Waals surface area contributed by atoms with Gasteiger partial charge in [-0.05, 0) is 48.9 Å². The van der Waals surface area contributed by atoms with E-state index in [-0.39, 0.29) is 0 Å². The van der Waals surface area contributed by atoms with Crippen LogP contribution in [0.3, 0.4) is 0 Å². The van der Waals surface area contributed by atoms with Gasteiger partial charge in [-0.3, -0.25) is 5.43 Å². The van der Waals surface area contributed by atoms with E-state index >= 15 is 0 Å². The van der Waals surface area contributed by atoms with Gasteiger partial charge in [0.25, 0.3) is 0 Å². The van der Waals surface area contributed by atoms with Gasteiger partial charge in [0.05, 0.1) is 11.9 Å². The summed E-state index contributed by atoms with van der Waals surface area (Å²) < 4.78 is 5.75. The number of aryl methyl sites for hydroxylation is 1. The molecule has 4 nitrogen and oxygen atoms in total. The van der Waals surface area contributed by atoms with Crippen LogP contribution >= 0.6 is 34.5 Å². The van der Waals surface area contributed by atoms with Crippen molar-refractivity contribution >= 4 is 45.9 Å². The Morgan fingerprint density at radius 2 is 2.00 bits per heavy atom. The standard InChI is InChI=1S/C18H15Cl2N3OS/c1-12-11-25-18(22-12)23-21-9-13-2-6-16(7-3-13)24-10-14-4-5-15(19)8-17(14)20/h2-9,11H,10H2,1H3,(H,22,23). The maximum absolute atomic E-state index is 6.14. The number of hydrogen-bond donors (Lipinski definition) is 1. The lowest BCUT2D eigenvalue weighted by atomic mass is 10.2. The third kappa shape index (κ3) is 5.19.